The Morgan fingerprint density at radius 3 is 2.33 bits per heavy atom. The van der Waals surface area contributed by atoms with Gasteiger partial charge in [-0.25, -0.2) is 13.4 Å². The van der Waals surface area contributed by atoms with E-state index in [0.717, 1.165) is 4.47 Å². The van der Waals surface area contributed by atoms with Crippen molar-refractivity contribution in [3.63, 3.8) is 0 Å². The van der Waals surface area contributed by atoms with Crippen molar-refractivity contribution in [1.29, 1.82) is 0 Å². The number of sulfonamides is 1. The molecule has 138 valence electrons. The van der Waals surface area contributed by atoms with Gasteiger partial charge < -0.3 is 5.32 Å². The number of amides is 1. The molecule has 9 heteroatoms. The molecule has 0 bridgehead atoms. The number of anilines is 2. The van der Waals surface area contributed by atoms with E-state index in [1.807, 2.05) is 0 Å². The summed E-state index contributed by atoms with van der Waals surface area (Å²) < 4.78 is 28.3. The lowest BCUT2D eigenvalue weighted by molar-refractivity contribution is 0.102. The van der Waals surface area contributed by atoms with Gasteiger partial charge in [0.2, 0.25) is 0 Å². The van der Waals surface area contributed by atoms with Crippen LogP contribution in [0.2, 0.25) is 5.02 Å². The maximum Gasteiger partial charge on any atom is 0.276 e. The van der Waals surface area contributed by atoms with Crippen molar-refractivity contribution in [2.75, 3.05) is 10.0 Å². The highest BCUT2D eigenvalue weighted by molar-refractivity contribution is 9.10. The highest BCUT2D eigenvalue weighted by Gasteiger charge is 2.19. The summed E-state index contributed by atoms with van der Waals surface area (Å²) in [5.41, 5.74) is 0.539. The molecule has 3 rings (SSSR count). The molecule has 0 fully saturated rings. The molecule has 27 heavy (non-hydrogen) atoms. The SMILES string of the molecule is O=C(Nc1ccc(Cl)cc1)c1ncccc1NS(=O)(=O)c1ccc(Br)cc1. The van der Waals surface area contributed by atoms with Crippen LogP contribution in [0.4, 0.5) is 11.4 Å². The fourth-order valence-corrected chi connectivity index (χ4v) is 3.67. The Morgan fingerprint density at radius 2 is 1.67 bits per heavy atom. The van der Waals surface area contributed by atoms with Crippen molar-refractivity contribution >= 4 is 54.8 Å². The van der Waals surface area contributed by atoms with Crippen LogP contribution in [0.25, 0.3) is 0 Å². The molecule has 6 nitrogen and oxygen atoms in total. The largest absolute Gasteiger partial charge is 0.321 e. The maximum atomic E-state index is 12.6. The van der Waals surface area contributed by atoms with Crippen LogP contribution in [0.15, 0.2) is 76.2 Å². The number of nitrogens with zero attached hydrogens (tertiary/aromatic N) is 1. The molecule has 1 aromatic heterocycles. The van der Waals surface area contributed by atoms with Gasteiger partial charge in [0.1, 0.15) is 0 Å². The first-order chi connectivity index (χ1) is 12.8. The molecule has 3 aromatic rings. The highest BCUT2D eigenvalue weighted by atomic mass is 79.9. The van der Waals surface area contributed by atoms with E-state index in [2.05, 4.69) is 31.0 Å². The molecule has 0 saturated heterocycles. The van der Waals surface area contributed by atoms with Crippen molar-refractivity contribution in [2.24, 2.45) is 0 Å². The van der Waals surface area contributed by atoms with E-state index < -0.39 is 15.9 Å². The van der Waals surface area contributed by atoms with Crippen molar-refractivity contribution < 1.29 is 13.2 Å². The molecule has 0 aliphatic heterocycles. The maximum absolute atomic E-state index is 12.6. The van der Waals surface area contributed by atoms with Crippen LogP contribution >= 0.6 is 27.5 Å². The molecule has 0 saturated carbocycles. The van der Waals surface area contributed by atoms with Gasteiger partial charge in [0, 0.05) is 21.4 Å². The topological polar surface area (TPSA) is 88.2 Å². The van der Waals surface area contributed by atoms with E-state index >= 15 is 0 Å². The molecular weight excluding hydrogens is 454 g/mol. The second-order valence-electron chi connectivity index (χ2n) is 5.42. The van der Waals surface area contributed by atoms with Gasteiger partial charge >= 0.3 is 0 Å². The van der Waals surface area contributed by atoms with Crippen LogP contribution in [-0.2, 0) is 10.0 Å². The van der Waals surface area contributed by atoms with Gasteiger partial charge in [-0.05, 0) is 60.7 Å². The van der Waals surface area contributed by atoms with Crippen LogP contribution < -0.4 is 10.0 Å². The zero-order valence-corrected chi connectivity index (χ0v) is 16.8. The normalized spacial score (nSPS) is 11.0. The number of nitrogens with one attached hydrogen (secondary N) is 2. The highest BCUT2D eigenvalue weighted by Crippen LogP contribution is 2.21. The van der Waals surface area contributed by atoms with Gasteiger partial charge in [-0.2, -0.15) is 0 Å². The number of hydrogen-bond donors (Lipinski definition) is 2. The Morgan fingerprint density at radius 1 is 1.00 bits per heavy atom. The first-order valence-corrected chi connectivity index (χ1v) is 10.3. The minimum absolute atomic E-state index is 0.0480. The first-order valence-electron chi connectivity index (χ1n) is 7.65. The molecule has 2 N–H and O–H groups in total. The Balaban J connectivity index is 1.86. The lowest BCUT2D eigenvalue weighted by Gasteiger charge is -2.12. The average Bonchev–Trinajstić information content (AvgIpc) is 2.64. The van der Waals surface area contributed by atoms with E-state index in [1.165, 1.54) is 24.4 Å². The Bertz CT molecular complexity index is 1070. The minimum atomic E-state index is -3.87. The zero-order chi connectivity index (χ0) is 19.4. The number of carbonyl (C=O) groups is 1. The number of pyridine rings is 1. The number of benzene rings is 2. The summed E-state index contributed by atoms with van der Waals surface area (Å²) in [7, 11) is -3.87. The smallest absolute Gasteiger partial charge is 0.276 e. The lowest BCUT2D eigenvalue weighted by atomic mass is 10.2. The standard InChI is InChI=1S/C18H13BrClN3O3S/c19-12-3-9-15(10-4-12)27(25,26)23-16-2-1-11-21-17(16)18(24)22-14-7-5-13(20)6-8-14/h1-11,23H,(H,22,24). The van der Waals surface area contributed by atoms with Crippen molar-refractivity contribution in [3.8, 4) is 0 Å². The first kappa shape index (κ1) is 19.3. The minimum Gasteiger partial charge on any atom is -0.321 e. The second kappa shape index (κ2) is 8.08. The third kappa shape index (κ3) is 4.85. The number of hydrogen-bond acceptors (Lipinski definition) is 4. The zero-order valence-electron chi connectivity index (χ0n) is 13.7. The predicted molar refractivity (Wildman–Crippen MR) is 109 cm³/mol. The molecule has 0 aliphatic carbocycles. The van der Waals surface area contributed by atoms with Gasteiger partial charge in [-0.1, -0.05) is 27.5 Å². The predicted octanol–water partition coefficient (Wildman–Crippen LogP) is 4.55. The third-order valence-electron chi connectivity index (χ3n) is 3.49. The van der Waals surface area contributed by atoms with Crippen LogP contribution in [0, 0.1) is 0 Å². The second-order valence-corrected chi connectivity index (χ2v) is 8.45. The van der Waals surface area contributed by atoms with Gasteiger partial charge in [0.25, 0.3) is 15.9 Å². The van der Waals surface area contributed by atoms with Crippen molar-refractivity contribution in [1.82, 2.24) is 4.98 Å². The van der Waals surface area contributed by atoms with E-state index in [4.69, 9.17) is 11.6 Å². The van der Waals surface area contributed by atoms with Gasteiger partial charge in [0.05, 0.1) is 10.6 Å². The molecule has 0 unspecified atom stereocenters. The third-order valence-corrected chi connectivity index (χ3v) is 5.66. The van der Waals surface area contributed by atoms with E-state index in [9.17, 15) is 13.2 Å². The summed E-state index contributed by atoms with van der Waals surface area (Å²) in [4.78, 5) is 16.6. The van der Waals surface area contributed by atoms with E-state index in [0.29, 0.717) is 10.7 Å². The van der Waals surface area contributed by atoms with Crippen LogP contribution in [0.5, 0.6) is 0 Å². The van der Waals surface area contributed by atoms with Crippen LogP contribution in [0.1, 0.15) is 10.5 Å². The summed E-state index contributed by atoms with van der Waals surface area (Å²) >= 11 is 9.09. The Labute approximate surface area is 169 Å². The quantitative estimate of drug-likeness (QED) is 0.577. The van der Waals surface area contributed by atoms with Gasteiger partial charge in [0.15, 0.2) is 5.69 Å². The fraction of sp³-hybridized carbons (Fsp3) is 0. The number of carbonyl (C=O) groups excluding carboxylic acids is 1. The number of aromatic nitrogens is 1. The molecule has 0 aliphatic rings. The summed E-state index contributed by atoms with van der Waals surface area (Å²) in [6, 6.07) is 15.7. The van der Waals surface area contributed by atoms with Crippen molar-refractivity contribution in [3.05, 3.63) is 82.0 Å². The molecule has 2 aromatic carbocycles. The number of rotatable bonds is 5. The molecule has 0 spiro atoms. The molecular formula is C18H13BrClN3O3S. The van der Waals surface area contributed by atoms with Gasteiger partial charge in [-0.3, -0.25) is 9.52 Å². The molecule has 0 atom stereocenters. The van der Waals surface area contributed by atoms with Crippen LogP contribution in [-0.4, -0.2) is 19.3 Å². The van der Waals surface area contributed by atoms with Crippen molar-refractivity contribution in [2.45, 2.75) is 4.90 Å². The molecule has 1 heterocycles. The summed E-state index contributed by atoms with van der Waals surface area (Å²) in [5.74, 6) is -0.550. The number of halogens is 2. The summed E-state index contributed by atoms with van der Waals surface area (Å²) in [5, 5.41) is 3.19. The molecule has 0 radical (unpaired) electrons. The monoisotopic (exact) mass is 465 g/mol. The summed E-state index contributed by atoms with van der Waals surface area (Å²) in [6.45, 7) is 0. The van der Waals surface area contributed by atoms with E-state index in [-0.39, 0.29) is 16.3 Å². The van der Waals surface area contributed by atoms with Crippen LogP contribution in [0.3, 0.4) is 0 Å². The summed E-state index contributed by atoms with van der Waals surface area (Å²) in [6.07, 6.45) is 1.41. The average molecular weight is 467 g/mol. The van der Waals surface area contributed by atoms with E-state index in [1.54, 1.807) is 42.5 Å². The Kier molecular flexibility index (Phi) is 5.79. The fourth-order valence-electron chi connectivity index (χ4n) is 2.21. The Hall–Kier alpha value is -2.42. The molecule has 1 amide bonds. The van der Waals surface area contributed by atoms with Gasteiger partial charge in [-0.15, -0.1) is 0 Å². The lowest BCUT2D eigenvalue weighted by Crippen LogP contribution is -2.19.